The van der Waals surface area contributed by atoms with Crippen LogP contribution in [0.15, 0.2) is 29.8 Å². The predicted molar refractivity (Wildman–Crippen MR) is 92.7 cm³/mol. The number of nitriles is 1. The lowest BCUT2D eigenvalue weighted by molar-refractivity contribution is -0.115. The number of nitrogens with one attached hydrogen (secondary N) is 1. The van der Waals surface area contributed by atoms with E-state index in [-0.39, 0.29) is 12.4 Å². The number of aryl methyl sites for hydroxylation is 1. The lowest BCUT2D eigenvalue weighted by atomic mass is 10.1. The van der Waals surface area contributed by atoms with Crippen molar-refractivity contribution in [3.8, 4) is 23.3 Å². The second-order valence-electron chi connectivity index (χ2n) is 5.69. The smallest absolute Gasteiger partial charge is 0.319 e. The molecular weight excluding hydrogens is 336 g/mol. The van der Waals surface area contributed by atoms with Crippen LogP contribution in [-0.4, -0.2) is 23.3 Å². The van der Waals surface area contributed by atoms with Crippen LogP contribution in [0.5, 0.6) is 11.5 Å². The Morgan fingerprint density at radius 1 is 1.27 bits per heavy atom. The summed E-state index contributed by atoms with van der Waals surface area (Å²) in [6, 6.07) is 8.19. The molecule has 8 nitrogen and oxygen atoms in total. The van der Waals surface area contributed by atoms with E-state index in [1.54, 1.807) is 6.07 Å². The number of ether oxygens (including phenoxy) is 2. The van der Waals surface area contributed by atoms with Crippen LogP contribution < -0.4 is 20.5 Å². The number of rotatable bonds is 3. The summed E-state index contributed by atoms with van der Waals surface area (Å²) in [5, 5.41) is 11.1. The maximum atomic E-state index is 11.9. The first-order valence-corrected chi connectivity index (χ1v) is 7.72. The van der Waals surface area contributed by atoms with Gasteiger partial charge in [0.2, 0.25) is 6.79 Å². The van der Waals surface area contributed by atoms with Crippen LogP contribution in [0.3, 0.4) is 0 Å². The number of imide groups is 1. The summed E-state index contributed by atoms with van der Waals surface area (Å²) < 4.78 is 12.7. The average Bonchev–Trinajstić information content (AvgIpc) is 3.15. The quantitative estimate of drug-likeness (QED) is 0.646. The van der Waals surface area contributed by atoms with Crippen LogP contribution in [0.25, 0.3) is 11.8 Å². The van der Waals surface area contributed by atoms with Gasteiger partial charge in [0.15, 0.2) is 11.5 Å². The number of urea groups is 1. The van der Waals surface area contributed by atoms with E-state index >= 15 is 0 Å². The Bertz CT molecular complexity index is 982. The van der Waals surface area contributed by atoms with Crippen LogP contribution in [-0.2, 0) is 4.79 Å². The van der Waals surface area contributed by atoms with Gasteiger partial charge in [-0.25, -0.2) is 4.79 Å². The van der Waals surface area contributed by atoms with Crippen molar-refractivity contribution in [2.75, 3.05) is 6.79 Å². The van der Waals surface area contributed by atoms with Crippen LogP contribution in [0, 0.1) is 25.2 Å². The molecule has 26 heavy (non-hydrogen) atoms. The number of nitrogens with zero attached hydrogens (tertiary/aromatic N) is 2. The van der Waals surface area contributed by atoms with Crippen molar-refractivity contribution in [3.63, 3.8) is 0 Å². The number of carbonyl (C=O) groups excluding carboxylic acids is 2. The molecule has 1 aliphatic heterocycles. The first kappa shape index (κ1) is 17.1. The van der Waals surface area contributed by atoms with Crippen LogP contribution in [0.2, 0.25) is 0 Å². The molecule has 3 N–H and O–H groups in total. The highest BCUT2D eigenvalue weighted by molar-refractivity contribution is 6.08. The minimum atomic E-state index is -1.01. The van der Waals surface area contributed by atoms with Crippen molar-refractivity contribution in [3.05, 3.63) is 46.8 Å². The number of hydrogen-bond donors (Lipinski definition) is 2. The van der Waals surface area contributed by atoms with E-state index in [4.69, 9.17) is 15.2 Å². The monoisotopic (exact) mass is 352 g/mol. The molecule has 0 atom stereocenters. The van der Waals surface area contributed by atoms with Gasteiger partial charge < -0.3 is 19.8 Å². The number of benzene rings is 1. The number of carbonyl (C=O) groups is 2. The zero-order chi connectivity index (χ0) is 18.8. The van der Waals surface area contributed by atoms with E-state index in [9.17, 15) is 14.9 Å². The summed E-state index contributed by atoms with van der Waals surface area (Å²) in [5.74, 6) is 0.504. The Morgan fingerprint density at radius 2 is 2.00 bits per heavy atom. The molecular formula is C18H16N4O4. The topological polar surface area (TPSA) is 119 Å². The van der Waals surface area contributed by atoms with Gasteiger partial charge in [-0.05, 0) is 43.7 Å². The molecule has 0 radical (unpaired) electrons. The van der Waals surface area contributed by atoms with Crippen molar-refractivity contribution in [1.29, 1.82) is 5.26 Å². The fraction of sp³-hybridized carbons (Fsp3) is 0.167. The molecule has 2 heterocycles. The Balaban J connectivity index is 2.01. The average molecular weight is 352 g/mol. The van der Waals surface area contributed by atoms with Crippen LogP contribution in [0.4, 0.5) is 4.79 Å². The SMILES string of the molecule is Cc1cc(/C=C(/C#N)C(=O)NC(N)=O)c(C)n1-c1ccc2c(c1)OCO2. The van der Waals surface area contributed by atoms with E-state index in [0.29, 0.717) is 17.1 Å². The Kier molecular flexibility index (Phi) is 4.37. The lowest BCUT2D eigenvalue weighted by Crippen LogP contribution is -2.35. The Labute approximate surface area is 149 Å². The van der Waals surface area contributed by atoms with Crippen molar-refractivity contribution in [2.45, 2.75) is 13.8 Å². The number of hydrogen-bond acceptors (Lipinski definition) is 5. The number of fused-ring (bicyclic) bond motifs is 1. The molecule has 3 amide bonds. The molecule has 132 valence electrons. The summed E-state index contributed by atoms with van der Waals surface area (Å²) in [7, 11) is 0. The summed E-state index contributed by atoms with van der Waals surface area (Å²) in [5.41, 5.74) is 7.98. The Morgan fingerprint density at radius 3 is 2.69 bits per heavy atom. The molecule has 1 aromatic carbocycles. The molecule has 0 spiro atoms. The van der Waals surface area contributed by atoms with Gasteiger partial charge in [0.05, 0.1) is 0 Å². The van der Waals surface area contributed by atoms with Gasteiger partial charge in [-0.15, -0.1) is 0 Å². The molecule has 0 fully saturated rings. The van der Waals surface area contributed by atoms with Gasteiger partial charge in [-0.3, -0.25) is 10.1 Å². The van der Waals surface area contributed by atoms with Crippen molar-refractivity contribution < 1.29 is 19.1 Å². The minimum absolute atomic E-state index is 0.191. The minimum Gasteiger partial charge on any atom is -0.454 e. The van der Waals surface area contributed by atoms with E-state index in [1.807, 2.05) is 48.0 Å². The molecule has 2 aromatic rings. The van der Waals surface area contributed by atoms with Crippen molar-refractivity contribution in [1.82, 2.24) is 9.88 Å². The molecule has 0 aliphatic carbocycles. The van der Waals surface area contributed by atoms with Gasteiger partial charge in [0.1, 0.15) is 11.6 Å². The summed E-state index contributed by atoms with van der Waals surface area (Å²) in [6.45, 7) is 3.96. The van der Waals surface area contributed by atoms with Crippen molar-refractivity contribution in [2.24, 2.45) is 5.73 Å². The van der Waals surface area contributed by atoms with Gasteiger partial charge in [0, 0.05) is 23.1 Å². The summed E-state index contributed by atoms with van der Waals surface area (Å²) in [4.78, 5) is 22.7. The van der Waals surface area contributed by atoms with Crippen LogP contribution in [0.1, 0.15) is 17.0 Å². The normalized spacial score (nSPS) is 12.6. The highest BCUT2D eigenvalue weighted by atomic mass is 16.7. The van der Waals surface area contributed by atoms with Gasteiger partial charge in [-0.1, -0.05) is 0 Å². The molecule has 0 unspecified atom stereocenters. The third kappa shape index (κ3) is 3.10. The number of aromatic nitrogens is 1. The summed E-state index contributed by atoms with van der Waals surface area (Å²) in [6.07, 6.45) is 1.42. The van der Waals surface area contributed by atoms with E-state index in [2.05, 4.69) is 0 Å². The Hall–Kier alpha value is -3.73. The second-order valence-corrected chi connectivity index (χ2v) is 5.69. The van der Waals surface area contributed by atoms with Gasteiger partial charge >= 0.3 is 6.03 Å². The van der Waals surface area contributed by atoms with Gasteiger partial charge in [0.25, 0.3) is 5.91 Å². The molecule has 1 aromatic heterocycles. The molecule has 0 bridgehead atoms. The predicted octanol–water partition coefficient (Wildman–Crippen LogP) is 1.92. The first-order valence-electron chi connectivity index (χ1n) is 7.72. The van der Waals surface area contributed by atoms with E-state index in [1.165, 1.54) is 6.08 Å². The molecule has 1 aliphatic rings. The number of primary amides is 1. The standard InChI is InChI=1S/C18H16N4O4/c1-10-5-12(6-13(8-19)17(23)21-18(20)24)11(2)22(10)14-3-4-15-16(7-14)26-9-25-15/h3-7H,9H2,1-2H3,(H3,20,21,23,24)/b13-6-. The van der Waals surface area contributed by atoms with E-state index < -0.39 is 11.9 Å². The fourth-order valence-corrected chi connectivity index (χ4v) is 2.84. The molecule has 0 saturated carbocycles. The molecule has 0 saturated heterocycles. The first-order chi connectivity index (χ1) is 12.4. The second kappa shape index (κ2) is 6.64. The number of amides is 3. The zero-order valence-corrected chi connectivity index (χ0v) is 14.2. The highest BCUT2D eigenvalue weighted by Crippen LogP contribution is 2.35. The van der Waals surface area contributed by atoms with Crippen molar-refractivity contribution >= 4 is 18.0 Å². The molecule has 3 rings (SSSR count). The van der Waals surface area contributed by atoms with Gasteiger partial charge in [-0.2, -0.15) is 5.26 Å². The maximum absolute atomic E-state index is 11.9. The van der Waals surface area contributed by atoms with Crippen LogP contribution >= 0.6 is 0 Å². The fourth-order valence-electron chi connectivity index (χ4n) is 2.84. The van der Waals surface area contributed by atoms with E-state index in [0.717, 1.165) is 17.1 Å². The summed E-state index contributed by atoms with van der Waals surface area (Å²) >= 11 is 0. The zero-order valence-electron chi connectivity index (χ0n) is 14.2. The number of nitrogens with two attached hydrogens (primary N) is 1. The highest BCUT2D eigenvalue weighted by Gasteiger charge is 2.17. The third-order valence-corrected chi connectivity index (χ3v) is 3.99. The largest absolute Gasteiger partial charge is 0.454 e. The molecule has 8 heteroatoms. The lowest BCUT2D eigenvalue weighted by Gasteiger charge is -2.10. The third-order valence-electron chi connectivity index (χ3n) is 3.99. The maximum Gasteiger partial charge on any atom is 0.319 e.